The highest BCUT2D eigenvalue weighted by Gasteiger charge is 2.20. The third-order valence-electron chi connectivity index (χ3n) is 2.91. The summed E-state index contributed by atoms with van der Waals surface area (Å²) in [5.41, 5.74) is 0.423. The molecule has 0 aliphatic rings. The Balaban J connectivity index is 2.62. The van der Waals surface area contributed by atoms with Gasteiger partial charge in [-0.3, -0.25) is 4.21 Å². The maximum Gasteiger partial charge on any atom is 0.337 e. The van der Waals surface area contributed by atoms with E-state index in [-0.39, 0.29) is 21.3 Å². The van der Waals surface area contributed by atoms with Gasteiger partial charge in [-0.25, -0.2) is 4.79 Å². The van der Waals surface area contributed by atoms with E-state index in [1.807, 2.05) is 0 Å². The van der Waals surface area contributed by atoms with Crippen LogP contribution in [0.2, 0.25) is 15.1 Å². The van der Waals surface area contributed by atoms with Crippen LogP contribution in [0.25, 0.3) is 0 Å². The molecule has 2 rings (SSSR count). The van der Waals surface area contributed by atoms with E-state index < -0.39 is 22.9 Å². The first-order valence-electron chi connectivity index (χ1n) is 6.11. The number of carboxylic acid groups (broad SMARTS) is 1. The average molecular weight is 394 g/mol. The maximum atomic E-state index is 11.3. The maximum absolute atomic E-state index is 11.3. The quantitative estimate of drug-likeness (QED) is 0.765. The van der Waals surface area contributed by atoms with Crippen molar-refractivity contribution in [2.75, 3.05) is 10.8 Å². The molecule has 5 nitrogen and oxygen atoms in total. The van der Waals surface area contributed by atoms with Crippen LogP contribution in [0, 0.1) is 0 Å². The summed E-state index contributed by atoms with van der Waals surface area (Å²) in [6.07, 6.45) is 0. The second-order valence-electron chi connectivity index (χ2n) is 4.43. The molecule has 0 spiro atoms. The van der Waals surface area contributed by atoms with Crippen molar-refractivity contribution >= 4 is 63.2 Å². The van der Waals surface area contributed by atoms with Crippen molar-refractivity contribution < 1.29 is 18.7 Å². The monoisotopic (exact) mass is 392 g/mol. The summed E-state index contributed by atoms with van der Waals surface area (Å²) in [5, 5.41) is 9.67. The number of aromatic carboxylic acids is 1. The van der Waals surface area contributed by atoms with E-state index in [2.05, 4.69) is 0 Å². The standard InChI is InChI=1S/C14H10Cl3NO4S/c15-8-1-3-10(4-2-8)18(7-23(21)22)12-6-9(16)5-11(13(12)17)14(19)20/h1-6H,7H2,(H,19,20)(H,21,22)/p-1. The third-order valence-corrected chi connectivity index (χ3v) is 4.25. The molecule has 0 heterocycles. The highest BCUT2D eigenvalue weighted by molar-refractivity contribution is 7.79. The molecule has 9 heteroatoms. The van der Waals surface area contributed by atoms with Gasteiger partial charge in [0.1, 0.15) is 0 Å². The molecule has 2 aromatic carbocycles. The Morgan fingerprint density at radius 2 is 1.74 bits per heavy atom. The van der Waals surface area contributed by atoms with Gasteiger partial charge in [-0.1, -0.05) is 34.8 Å². The first kappa shape index (κ1) is 18.0. The Bertz CT molecular complexity index is 767. The van der Waals surface area contributed by atoms with Crippen LogP contribution < -0.4 is 4.90 Å². The first-order valence-corrected chi connectivity index (χ1v) is 8.48. The zero-order valence-corrected chi connectivity index (χ0v) is 14.4. The average Bonchev–Trinajstić information content (AvgIpc) is 2.47. The van der Waals surface area contributed by atoms with Gasteiger partial charge >= 0.3 is 5.97 Å². The predicted molar refractivity (Wildman–Crippen MR) is 90.8 cm³/mol. The van der Waals surface area contributed by atoms with Gasteiger partial charge in [-0.15, -0.1) is 0 Å². The number of hydrogen-bond donors (Lipinski definition) is 1. The molecule has 0 radical (unpaired) electrons. The van der Waals surface area contributed by atoms with Crippen molar-refractivity contribution in [1.29, 1.82) is 0 Å². The Morgan fingerprint density at radius 3 is 2.26 bits per heavy atom. The van der Waals surface area contributed by atoms with E-state index in [1.165, 1.54) is 17.0 Å². The van der Waals surface area contributed by atoms with Gasteiger partial charge in [0.2, 0.25) is 0 Å². The number of carbonyl (C=O) groups is 1. The van der Waals surface area contributed by atoms with Crippen molar-refractivity contribution in [2.45, 2.75) is 0 Å². The number of nitrogens with zero attached hydrogens (tertiary/aromatic N) is 1. The lowest BCUT2D eigenvalue weighted by Gasteiger charge is -2.27. The molecule has 0 saturated heterocycles. The summed E-state index contributed by atoms with van der Waals surface area (Å²) in [6, 6.07) is 8.93. The highest BCUT2D eigenvalue weighted by atomic mass is 35.5. The molecule has 23 heavy (non-hydrogen) atoms. The topological polar surface area (TPSA) is 80.7 Å². The number of carboxylic acids is 1. The summed E-state index contributed by atoms with van der Waals surface area (Å²) < 4.78 is 22.4. The van der Waals surface area contributed by atoms with Gasteiger partial charge in [0.05, 0.1) is 22.2 Å². The van der Waals surface area contributed by atoms with Crippen LogP contribution in [0.4, 0.5) is 11.4 Å². The highest BCUT2D eigenvalue weighted by Crippen LogP contribution is 2.37. The molecule has 0 aliphatic heterocycles. The van der Waals surface area contributed by atoms with Gasteiger partial charge in [0.25, 0.3) is 0 Å². The minimum absolute atomic E-state index is 0.109. The number of rotatable bonds is 5. The smallest absolute Gasteiger partial charge is 0.337 e. The molecule has 122 valence electrons. The fourth-order valence-electron chi connectivity index (χ4n) is 1.94. The molecule has 0 saturated carbocycles. The van der Waals surface area contributed by atoms with Crippen molar-refractivity contribution in [3.63, 3.8) is 0 Å². The Kier molecular flexibility index (Phi) is 5.89. The molecule has 2 aromatic rings. The summed E-state index contributed by atoms with van der Waals surface area (Å²) >= 11 is 15.4. The lowest BCUT2D eigenvalue weighted by Crippen LogP contribution is -2.22. The van der Waals surface area contributed by atoms with E-state index in [0.717, 1.165) is 0 Å². The van der Waals surface area contributed by atoms with Crippen molar-refractivity contribution in [3.05, 3.63) is 57.0 Å². The largest absolute Gasteiger partial charge is 0.771 e. The molecule has 0 fully saturated rings. The van der Waals surface area contributed by atoms with Crippen molar-refractivity contribution in [3.8, 4) is 0 Å². The molecule has 0 amide bonds. The van der Waals surface area contributed by atoms with Gasteiger partial charge in [0, 0.05) is 15.7 Å². The molecular weight excluding hydrogens is 385 g/mol. The van der Waals surface area contributed by atoms with E-state index in [4.69, 9.17) is 34.8 Å². The second kappa shape index (κ2) is 7.51. The number of benzene rings is 2. The zero-order chi connectivity index (χ0) is 17.1. The summed E-state index contributed by atoms with van der Waals surface area (Å²) in [7, 11) is 0. The Morgan fingerprint density at radius 1 is 1.13 bits per heavy atom. The van der Waals surface area contributed by atoms with Crippen LogP contribution in [-0.4, -0.2) is 25.7 Å². The van der Waals surface area contributed by atoms with Crippen LogP contribution in [0.15, 0.2) is 36.4 Å². The Hall–Kier alpha value is -1.31. The van der Waals surface area contributed by atoms with E-state index in [0.29, 0.717) is 10.7 Å². The normalized spacial score (nSPS) is 12.0. The van der Waals surface area contributed by atoms with Crippen LogP contribution in [0.5, 0.6) is 0 Å². The Labute approximate surface area is 149 Å². The van der Waals surface area contributed by atoms with E-state index >= 15 is 0 Å². The van der Waals surface area contributed by atoms with Crippen molar-refractivity contribution in [1.82, 2.24) is 0 Å². The van der Waals surface area contributed by atoms with E-state index in [9.17, 15) is 18.7 Å². The molecular formula is C14H9Cl3NO4S-. The predicted octanol–water partition coefficient (Wildman–Crippen LogP) is 4.32. The van der Waals surface area contributed by atoms with Gasteiger partial charge in [-0.05, 0) is 47.5 Å². The van der Waals surface area contributed by atoms with Gasteiger partial charge in [0.15, 0.2) is 0 Å². The SMILES string of the molecule is O=C(O)c1cc(Cl)cc(N(CS(=O)[O-])c2ccc(Cl)cc2)c1Cl. The fraction of sp³-hybridized carbons (Fsp3) is 0.0714. The van der Waals surface area contributed by atoms with E-state index in [1.54, 1.807) is 24.3 Å². The molecule has 0 aliphatic carbocycles. The minimum Gasteiger partial charge on any atom is -0.771 e. The summed E-state index contributed by atoms with van der Waals surface area (Å²) in [6.45, 7) is 0. The fourth-order valence-corrected chi connectivity index (χ4v) is 3.07. The molecule has 1 unspecified atom stereocenters. The molecule has 1 atom stereocenters. The molecule has 1 N–H and O–H groups in total. The first-order chi connectivity index (χ1) is 10.8. The van der Waals surface area contributed by atoms with Crippen LogP contribution in [0.3, 0.4) is 0 Å². The van der Waals surface area contributed by atoms with Crippen LogP contribution in [0.1, 0.15) is 10.4 Å². The second-order valence-corrected chi connectivity index (χ2v) is 6.55. The van der Waals surface area contributed by atoms with Crippen LogP contribution in [-0.2, 0) is 11.1 Å². The summed E-state index contributed by atoms with van der Waals surface area (Å²) in [4.78, 5) is 12.6. The lowest BCUT2D eigenvalue weighted by atomic mass is 10.1. The summed E-state index contributed by atoms with van der Waals surface area (Å²) in [5.74, 6) is -1.70. The van der Waals surface area contributed by atoms with Gasteiger partial charge < -0.3 is 14.6 Å². The van der Waals surface area contributed by atoms with Crippen molar-refractivity contribution in [2.24, 2.45) is 0 Å². The minimum atomic E-state index is -2.44. The molecule has 0 bridgehead atoms. The number of anilines is 2. The lowest BCUT2D eigenvalue weighted by molar-refractivity contribution is 0.0697. The van der Waals surface area contributed by atoms with Gasteiger partial charge in [-0.2, -0.15) is 0 Å². The third kappa shape index (κ3) is 4.37. The number of halogens is 3. The molecule has 0 aromatic heterocycles. The zero-order valence-electron chi connectivity index (χ0n) is 11.3. The van der Waals surface area contributed by atoms with Crippen LogP contribution >= 0.6 is 34.8 Å². The number of hydrogen-bond acceptors (Lipinski definition) is 4.